The number of aliphatic hydroxyl groups excluding tert-OH is 1. The molecule has 0 heterocycles. The van der Waals surface area contributed by atoms with E-state index < -0.39 is 17.6 Å². The van der Waals surface area contributed by atoms with E-state index in [9.17, 15) is 13.9 Å². The summed E-state index contributed by atoms with van der Waals surface area (Å²) < 4.78 is 27.9. The molecule has 0 saturated carbocycles. The van der Waals surface area contributed by atoms with E-state index in [0.717, 1.165) is 0 Å². The third kappa shape index (κ3) is 3.19. The Bertz CT molecular complexity index is 619. The molecule has 0 radical (unpaired) electrons. The summed E-state index contributed by atoms with van der Waals surface area (Å²) in [6, 6.07) is 9.49. The second kappa shape index (κ2) is 6.66. The number of benzene rings is 2. The van der Waals surface area contributed by atoms with E-state index in [1.54, 1.807) is 24.3 Å². The van der Waals surface area contributed by atoms with Crippen molar-refractivity contribution < 1.29 is 13.9 Å². The lowest BCUT2D eigenvalue weighted by atomic mass is 9.92. The van der Waals surface area contributed by atoms with Crippen LogP contribution in [-0.4, -0.2) is 11.7 Å². The Labute approximate surface area is 129 Å². The molecule has 2 aromatic carbocycles. The monoisotopic (exact) mass is 360 g/mol. The van der Waals surface area contributed by atoms with Crippen molar-refractivity contribution >= 4 is 27.5 Å². The van der Waals surface area contributed by atoms with Crippen LogP contribution < -0.4 is 0 Å². The normalized spacial score (nSPS) is 12.4. The fraction of sp³-hybridized carbons (Fsp3) is 0.200. The molecule has 106 valence electrons. The topological polar surface area (TPSA) is 20.2 Å². The molecule has 2 rings (SSSR count). The molecule has 0 aromatic heterocycles. The largest absolute Gasteiger partial charge is 0.396 e. The molecule has 2 aromatic rings. The Balaban J connectivity index is 2.37. The second-order valence-electron chi connectivity index (χ2n) is 4.43. The van der Waals surface area contributed by atoms with Gasteiger partial charge in [-0.1, -0.05) is 29.8 Å². The molecule has 20 heavy (non-hydrogen) atoms. The quantitative estimate of drug-likeness (QED) is 0.783. The van der Waals surface area contributed by atoms with Crippen molar-refractivity contribution in [1.82, 2.24) is 0 Å². The van der Waals surface area contributed by atoms with Crippen molar-refractivity contribution in [2.45, 2.75) is 12.3 Å². The maximum atomic E-state index is 14.0. The predicted octanol–water partition coefficient (Wildman–Crippen LogP) is 4.70. The summed E-state index contributed by atoms with van der Waals surface area (Å²) in [4.78, 5) is 0. The maximum absolute atomic E-state index is 14.0. The molecule has 0 aliphatic rings. The molecule has 5 heteroatoms. The van der Waals surface area contributed by atoms with Gasteiger partial charge < -0.3 is 5.11 Å². The van der Waals surface area contributed by atoms with Gasteiger partial charge in [0, 0.05) is 16.5 Å². The summed E-state index contributed by atoms with van der Waals surface area (Å²) in [6.45, 7) is -0.241. The van der Waals surface area contributed by atoms with Crippen molar-refractivity contribution in [1.29, 1.82) is 0 Å². The average Bonchev–Trinajstić information content (AvgIpc) is 2.45. The molecule has 0 amide bonds. The van der Waals surface area contributed by atoms with Crippen LogP contribution in [-0.2, 0) is 6.42 Å². The van der Waals surface area contributed by atoms with Gasteiger partial charge in [0.1, 0.15) is 11.6 Å². The summed E-state index contributed by atoms with van der Waals surface area (Å²) in [5.74, 6) is -1.73. The van der Waals surface area contributed by atoms with Crippen molar-refractivity contribution in [3.63, 3.8) is 0 Å². The number of hydrogen-bond acceptors (Lipinski definition) is 1. The van der Waals surface area contributed by atoms with Gasteiger partial charge in [-0.3, -0.25) is 0 Å². The molecule has 0 aliphatic heterocycles. The third-order valence-corrected chi connectivity index (χ3v) is 4.11. The van der Waals surface area contributed by atoms with Crippen LogP contribution in [0.5, 0.6) is 0 Å². The number of hydrogen-bond donors (Lipinski definition) is 1. The van der Waals surface area contributed by atoms with Crippen molar-refractivity contribution in [2.24, 2.45) is 0 Å². The standard InChI is InChI=1S/C15H12BrClF2O/c16-12-5-6-14(18)11(15(12)19)7-9(8-20)10-3-1-2-4-13(10)17/h1-6,9,20H,7-8H2. The lowest BCUT2D eigenvalue weighted by Crippen LogP contribution is -2.11. The van der Waals surface area contributed by atoms with Gasteiger partial charge in [0.25, 0.3) is 0 Å². The van der Waals surface area contributed by atoms with E-state index >= 15 is 0 Å². The minimum absolute atomic E-state index is 0.0390. The van der Waals surface area contributed by atoms with Crippen LogP contribution in [0.15, 0.2) is 40.9 Å². The highest BCUT2D eigenvalue weighted by Gasteiger charge is 2.20. The van der Waals surface area contributed by atoms with Gasteiger partial charge in [-0.2, -0.15) is 0 Å². The van der Waals surface area contributed by atoms with E-state index in [4.69, 9.17) is 11.6 Å². The number of rotatable bonds is 4. The molecule has 1 atom stereocenters. The zero-order valence-corrected chi connectivity index (χ0v) is 12.8. The van der Waals surface area contributed by atoms with Crippen LogP contribution in [0.25, 0.3) is 0 Å². The van der Waals surface area contributed by atoms with Crippen molar-refractivity contribution in [3.8, 4) is 0 Å². The van der Waals surface area contributed by atoms with Crippen LogP contribution in [0.2, 0.25) is 5.02 Å². The Hall–Kier alpha value is -0.970. The molecule has 1 nitrogen and oxygen atoms in total. The van der Waals surface area contributed by atoms with Gasteiger partial charge in [-0.15, -0.1) is 0 Å². The number of aliphatic hydroxyl groups is 1. The lowest BCUT2D eigenvalue weighted by molar-refractivity contribution is 0.263. The minimum atomic E-state index is -0.643. The van der Waals surface area contributed by atoms with Crippen molar-refractivity contribution in [3.05, 3.63) is 68.7 Å². The molecule has 0 fully saturated rings. The SMILES string of the molecule is OCC(Cc1c(F)ccc(Br)c1F)c1ccccc1Cl. The van der Waals surface area contributed by atoms with Gasteiger partial charge >= 0.3 is 0 Å². The van der Waals surface area contributed by atoms with Gasteiger partial charge in [-0.05, 0) is 46.1 Å². The average molecular weight is 362 g/mol. The summed E-state index contributed by atoms with van der Waals surface area (Å²) in [5.41, 5.74) is 0.619. The summed E-state index contributed by atoms with van der Waals surface area (Å²) in [6.07, 6.45) is 0.0390. The Kier molecular flexibility index (Phi) is 5.13. The smallest absolute Gasteiger partial charge is 0.143 e. The highest BCUT2D eigenvalue weighted by molar-refractivity contribution is 9.10. The first-order chi connectivity index (χ1) is 9.54. The van der Waals surface area contributed by atoms with E-state index in [1.165, 1.54) is 12.1 Å². The summed E-state index contributed by atoms with van der Waals surface area (Å²) in [7, 11) is 0. The highest BCUT2D eigenvalue weighted by atomic mass is 79.9. The van der Waals surface area contributed by atoms with E-state index in [-0.39, 0.29) is 23.1 Å². The fourth-order valence-electron chi connectivity index (χ4n) is 2.08. The second-order valence-corrected chi connectivity index (χ2v) is 5.69. The van der Waals surface area contributed by atoms with Gasteiger partial charge in [0.15, 0.2) is 0 Å². The third-order valence-electron chi connectivity index (χ3n) is 3.15. The molecular formula is C15H12BrClF2O. The zero-order valence-electron chi connectivity index (χ0n) is 10.4. The van der Waals surface area contributed by atoms with E-state index in [2.05, 4.69) is 15.9 Å². The molecule has 1 unspecified atom stereocenters. The maximum Gasteiger partial charge on any atom is 0.143 e. The van der Waals surface area contributed by atoms with Gasteiger partial charge in [0.2, 0.25) is 0 Å². The van der Waals surface area contributed by atoms with Crippen molar-refractivity contribution in [2.75, 3.05) is 6.61 Å². The lowest BCUT2D eigenvalue weighted by Gasteiger charge is -2.17. The molecule has 1 N–H and O–H groups in total. The molecule has 0 aliphatic carbocycles. The van der Waals surface area contributed by atoms with E-state index in [1.807, 2.05) is 0 Å². The molecule has 0 saturated heterocycles. The zero-order chi connectivity index (χ0) is 14.7. The Morgan fingerprint density at radius 2 is 1.85 bits per heavy atom. The highest BCUT2D eigenvalue weighted by Crippen LogP contribution is 2.30. The first-order valence-electron chi connectivity index (χ1n) is 6.02. The fourth-order valence-corrected chi connectivity index (χ4v) is 2.74. The predicted molar refractivity (Wildman–Crippen MR) is 79.0 cm³/mol. The van der Waals surface area contributed by atoms with Gasteiger partial charge in [-0.25, -0.2) is 8.78 Å². The minimum Gasteiger partial charge on any atom is -0.396 e. The van der Waals surface area contributed by atoms with Crippen LogP contribution in [0, 0.1) is 11.6 Å². The Morgan fingerprint density at radius 3 is 2.50 bits per heavy atom. The first kappa shape index (κ1) is 15.4. The number of halogens is 4. The molecular weight excluding hydrogens is 350 g/mol. The first-order valence-corrected chi connectivity index (χ1v) is 7.19. The summed E-state index contributed by atoms with van der Waals surface area (Å²) >= 11 is 9.10. The van der Waals surface area contributed by atoms with E-state index in [0.29, 0.717) is 10.6 Å². The summed E-state index contributed by atoms with van der Waals surface area (Å²) in [5, 5.41) is 9.98. The van der Waals surface area contributed by atoms with Crippen LogP contribution in [0.1, 0.15) is 17.0 Å². The van der Waals surface area contributed by atoms with Crippen LogP contribution in [0.3, 0.4) is 0 Å². The Morgan fingerprint density at radius 1 is 1.15 bits per heavy atom. The molecule has 0 spiro atoms. The van der Waals surface area contributed by atoms with Gasteiger partial charge in [0.05, 0.1) is 11.1 Å². The molecule has 0 bridgehead atoms. The van der Waals surface area contributed by atoms with Crippen LogP contribution >= 0.6 is 27.5 Å². The van der Waals surface area contributed by atoms with Crippen LogP contribution in [0.4, 0.5) is 8.78 Å².